The predicted molar refractivity (Wildman–Crippen MR) is 237 cm³/mol. The van der Waals surface area contributed by atoms with Gasteiger partial charge in [0.2, 0.25) is 5.95 Å². The maximum atomic E-state index is 6.73. The molecule has 58 heavy (non-hydrogen) atoms. The molecule has 0 spiro atoms. The van der Waals surface area contributed by atoms with Gasteiger partial charge in [-0.05, 0) is 59.7 Å². The van der Waals surface area contributed by atoms with E-state index in [9.17, 15) is 0 Å². The zero-order chi connectivity index (χ0) is 37.6. The van der Waals surface area contributed by atoms with Gasteiger partial charge in [0.05, 0.1) is 38.8 Å². The van der Waals surface area contributed by atoms with E-state index in [0.29, 0.717) is 17.3 Å². The first-order valence-corrected chi connectivity index (χ1v) is 19.7. The zero-order valence-electron chi connectivity index (χ0n) is 30.9. The molecule has 6 nitrogen and oxygen atoms in total. The van der Waals surface area contributed by atoms with Crippen molar-refractivity contribution >= 4 is 87.5 Å². The summed E-state index contributed by atoms with van der Waals surface area (Å²) < 4.78 is 13.8. The molecule has 0 saturated heterocycles. The molecule has 1 aliphatic heterocycles. The molecule has 0 amide bonds. The predicted octanol–water partition coefficient (Wildman–Crippen LogP) is 13.3. The minimum atomic E-state index is 0.586. The van der Waals surface area contributed by atoms with Crippen LogP contribution < -0.4 is 0 Å². The molecule has 5 aromatic heterocycles. The normalized spacial score (nSPS) is 12.5. The summed E-state index contributed by atoms with van der Waals surface area (Å²) in [6, 6.07) is 62.9. The number of hydrogen-bond acceptors (Lipinski definition) is 3. The van der Waals surface area contributed by atoms with Gasteiger partial charge in [0, 0.05) is 48.8 Å². The van der Waals surface area contributed by atoms with Crippen molar-refractivity contribution in [2.24, 2.45) is 0 Å². The highest BCUT2D eigenvalue weighted by atomic mass is 16.3. The molecule has 268 valence electrons. The number of fused-ring (bicyclic) bond motifs is 18. The van der Waals surface area contributed by atoms with Crippen LogP contribution in [0.1, 0.15) is 0 Å². The van der Waals surface area contributed by atoms with Gasteiger partial charge in [0.25, 0.3) is 0 Å². The third-order valence-corrected chi connectivity index (χ3v) is 12.4. The van der Waals surface area contributed by atoms with Crippen molar-refractivity contribution in [3.05, 3.63) is 176 Å². The maximum absolute atomic E-state index is 6.73. The van der Waals surface area contributed by atoms with Crippen molar-refractivity contribution in [1.29, 1.82) is 0 Å². The molecular weight excluding hydrogens is 711 g/mol. The number of furan rings is 1. The van der Waals surface area contributed by atoms with Crippen molar-refractivity contribution in [2.45, 2.75) is 0 Å². The average Bonchev–Trinajstić information content (AvgIpc) is 4.00. The van der Waals surface area contributed by atoms with E-state index in [-0.39, 0.29) is 0 Å². The Morgan fingerprint density at radius 2 is 0.931 bits per heavy atom. The average molecular weight is 740 g/mol. The fourth-order valence-electron chi connectivity index (χ4n) is 10.1. The molecule has 0 aliphatic carbocycles. The van der Waals surface area contributed by atoms with Crippen molar-refractivity contribution in [2.75, 3.05) is 0 Å². The topological polar surface area (TPSA) is 53.7 Å². The minimum Gasteiger partial charge on any atom is -0.450 e. The van der Waals surface area contributed by atoms with Gasteiger partial charge in [-0.25, -0.2) is 4.98 Å². The quantitative estimate of drug-likeness (QED) is 0.177. The van der Waals surface area contributed by atoms with Gasteiger partial charge < -0.3 is 8.98 Å². The Bertz CT molecular complexity index is 3880. The van der Waals surface area contributed by atoms with Gasteiger partial charge >= 0.3 is 0 Å². The monoisotopic (exact) mass is 739 g/mol. The highest BCUT2D eigenvalue weighted by molar-refractivity contribution is 6.28. The number of aromatic nitrogens is 5. The number of hydrogen-bond donors (Lipinski definition) is 0. The SMILES string of the molecule is c1ccc2c(c1)-c1ccccc1-n1c3ccccc3c3cc4c(c-2c31)c1ccccc1n4-c1nc(-n2c3ccccc3c3ccccc32)c2oc3ccccc3c2n1. The molecule has 0 atom stereocenters. The summed E-state index contributed by atoms with van der Waals surface area (Å²) in [7, 11) is 0. The number of benzene rings is 8. The van der Waals surface area contributed by atoms with E-state index in [1.807, 2.05) is 12.1 Å². The van der Waals surface area contributed by atoms with Gasteiger partial charge in [-0.15, -0.1) is 0 Å². The van der Waals surface area contributed by atoms with Gasteiger partial charge in [-0.2, -0.15) is 4.98 Å². The van der Waals surface area contributed by atoms with E-state index in [2.05, 4.69) is 177 Å². The van der Waals surface area contributed by atoms with Crippen molar-refractivity contribution in [3.8, 4) is 39.7 Å². The first-order valence-electron chi connectivity index (χ1n) is 19.7. The number of para-hydroxylation sites is 6. The highest BCUT2D eigenvalue weighted by Crippen LogP contribution is 2.51. The van der Waals surface area contributed by atoms with E-state index in [1.54, 1.807) is 0 Å². The molecular formula is C52H29N5O. The first kappa shape index (κ1) is 30.3. The van der Waals surface area contributed by atoms with Crippen molar-refractivity contribution in [1.82, 2.24) is 23.7 Å². The van der Waals surface area contributed by atoms with Gasteiger partial charge in [-0.1, -0.05) is 127 Å². The Hall–Kier alpha value is -7.96. The van der Waals surface area contributed by atoms with Crippen LogP contribution >= 0.6 is 0 Å². The second-order valence-corrected chi connectivity index (χ2v) is 15.3. The Kier molecular flexibility index (Phi) is 5.68. The number of rotatable bonds is 2. The Balaban J connectivity index is 1.20. The molecule has 1 aliphatic rings. The lowest BCUT2D eigenvalue weighted by atomic mass is 9.91. The lowest BCUT2D eigenvalue weighted by Crippen LogP contribution is -2.06. The molecule has 8 aromatic carbocycles. The van der Waals surface area contributed by atoms with Crippen LogP contribution in [0.4, 0.5) is 0 Å². The first-order chi connectivity index (χ1) is 28.8. The summed E-state index contributed by atoms with van der Waals surface area (Å²) >= 11 is 0. The molecule has 6 heteroatoms. The van der Waals surface area contributed by atoms with Gasteiger partial charge in [0.15, 0.2) is 11.4 Å². The van der Waals surface area contributed by atoms with Crippen LogP contribution in [0.15, 0.2) is 180 Å². The third kappa shape index (κ3) is 3.72. The summed E-state index contributed by atoms with van der Waals surface area (Å²) in [4.78, 5) is 11.1. The van der Waals surface area contributed by atoms with E-state index >= 15 is 0 Å². The molecule has 0 unspecified atom stereocenters. The second-order valence-electron chi connectivity index (χ2n) is 15.3. The Labute approximate surface area is 330 Å². The van der Waals surface area contributed by atoms with Crippen LogP contribution in [0.2, 0.25) is 0 Å². The van der Waals surface area contributed by atoms with Gasteiger partial charge in [-0.3, -0.25) is 9.13 Å². The van der Waals surface area contributed by atoms with Crippen LogP contribution in [-0.2, 0) is 0 Å². The van der Waals surface area contributed by atoms with E-state index < -0.39 is 0 Å². The molecule has 0 radical (unpaired) electrons. The van der Waals surface area contributed by atoms with E-state index in [1.165, 1.54) is 55.1 Å². The summed E-state index contributed by atoms with van der Waals surface area (Å²) in [5.74, 6) is 1.29. The van der Waals surface area contributed by atoms with Gasteiger partial charge in [0.1, 0.15) is 11.1 Å². The lowest BCUT2D eigenvalue weighted by molar-refractivity contribution is 0.661. The van der Waals surface area contributed by atoms with Crippen LogP contribution in [0.5, 0.6) is 0 Å². The Morgan fingerprint density at radius 1 is 0.397 bits per heavy atom. The molecule has 13 aromatic rings. The molecule has 0 saturated carbocycles. The summed E-state index contributed by atoms with van der Waals surface area (Å²) in [5, 5.41) is 7.98. The van der Waals surface area contributed by atoms with Crippen molar-refractivity contribution in [3.63, 3.8) is 0 Å². The van der Waals surface area contributed by atoms with Crippen LogP contribution in [0.25, 0.3) is 127 Å². The third-order valence-electron chi connectivity index (χ3n) is 12.4. The molecule has 0 bridgehead atoms. The molecule has 14 rings (SSSR count). The van der Waals surface area contributed by atoms with Crippen molar-refractivity contribution < 1.29 is 4.42 Å². The number of nitrogens with zero attached hydrogens (tertiary/aromatic N) is 5. The minimum absolute atomic E-state index is 0.586. The largest absolute Gasteiger partial charge is 0.450 e. The summed E-state index contributed by atoms with van der Waals surface area (Å²) in [6.07, 6.45) is 0. The Morgan fingerprint density at radius 3 is 1.66 bits per heavy atom. The molecule has 6 heterocycles. The smallest absolute Gasteiger partial charge is 0.237 e. The van der Waals surface area contributed by atoms with E-state index in [0.717, 1.165) is 54.7 Å². The molecule has 0 N–H and O–H groups in total. The van der Waals surface area contributed by atoms with Crippen LogP contribution in [0, 0.1) is 0 Å². The van der Waals surface area contributed by atoms with Crippen LogP contribution in [-0.4, -0.2) is 23.7 Å². The highest BCUT2D eigenvalue weighted by Gasteiger charge is 2.30. The van der Waals surface area contributed by atoms with Crippen LogP contribution in [0.3, 0.4) is 0 Å². The van der Waals surface area contributed by atoms with E-state index in [4.69, 9.17) is 14.4 Å². The fraction of sp³-hybridized carbons (Fsp3) is 0. The fourth-order valence-corrected chi connectivity index (χ4v) is 10.1. The summed E-state index contributed by atoms with van der Waals surface area (Å²) in [5.41, 5.74) is 14.8. The summed E-state index contributed by atoms with van der Waals surface area (Å²) in [6.45, 7) is 0. The second kappa shape index (κ2) is 10.9. The standard InChI is InChI=1S/C52H29N5O/c1-2-20-35-30(15-1)31-16-3-9-23-39(31)55-40-24-10-6-19-34(40)38-29-44-46(47(35)49(38)55)36-21-7-13-27-43(36)57(44)52-53-48-37-22-8-14-28-45(37)58-50(48)51(54-52)56-41-25-11-4-17-32(41)33-18-5-12-26-42(33)56/h1-29H. The maximum Gasteiger partial charge on any atom is 0.237 e. The zero-order valence-corrected chi connectivity index (χ0v) is 30.9. The lowest BCUT2D eigenvalue weighted by Gasteiger charge is -2.13. The molecule has 0 fully saturated rings.